The lowest BCUT2D eigenvalue weighted by Gasteiger charge is -2.14. The summed E-state index contributed by atoms with van der Waals surface area (Å²) in [5.74, 6) is 0.737. The molecule has 0 amide bonds. The van der Waals surface area contributed by atoms with Crippen LogP contribution < -0.4 is 5.32 Å². The zero-order valence-electron chi connectivity index (χ0n) is 4.67. The van der Waals surface area contributed by atoms with Crippen LogP contribution in [0.5, 0.6) is 0 Å². The van der Waals surface area contributed by atoms with E-state index < -0.39 is 0 Å². The highest BCUT2D eigenvalue weighted by atomic mass is 14.9. The standard InChI is InChI=1S/C7H9N/c1-2-7-5-6(1)3-4-8-7/h1-4,6-8H,5H2/t6-,7-/m1/s1. The molecule has 1 heterocycles. The van der Waals surface area contributed by atoms with Gasteiger partial charge < -0.3 is 5.32 Å². The summed E-state index contributed by atoms with van der Waals surface area (Å²) in [7, 11) is 0. The summed E-state index contributed by atoms with van der Waals surface area (Å²) in [5.41, 5.74) is 0. The summed E-state index contributed by atoms with van der Waals surface area (Å²) in [6.45, 7) is 0. The topological polar surface area (TPSA) is 12.0 Å². The van der Waals surface area contributed by atoms with Crippen LogP contribution in [0.2, 0.25) is 0 Å². The molecule has 0 unspecified atom stereocenters. The Morgan fingerprint density at radius 3 is 3.00 bits per heavy atom. The lowest BCUT2D eigenvalue weighted by molar-refractivity contribution is 0.590. The van der Waals surface area contributed by atoms with Gasteiger partial charge in [0.2, 0.25) is 0 Å². The highest BCUT2D eigenvalue weighted by Crippen LogP contribution is 2.21. The Balaban J connectivity index is 2.28. The molecule has 2 rings (SSSR count). The maximum absolute atomic E-state index is 3.24. The van der Waals surface area contributed by atoms with Crippen molar-refractivity contribution in [1.82, 2.24) is 5.32 Å². The molecule has 0 spiro atoms. The van der Waals surface area contributed by atoms with Crippen LogP contribution in [0.4, 0.5) is 0 Å². The molecule has 1 heteroatoms. The van der Waals surface area contributed by atoms with Gasteiger partial charge in [0.05, 0.1) is 0 Å². The van der Waals surface area contributed by atoms with Crippen LogP contribution in [0.15, 0.2) is 24.4 Å². The van der Waals surface area contributed by atoms with Gasteiger partial charge in [0, 0.05) is 6.04 Å². The van der Waals surface area contributed by atoms with Crippen molar-refractivity contribution in [3.8, 4) is 0 Å². The van der Waals surface area contributed by atoms with Gasteiger partial charge in [-0.15, -0.1) is 0 Å². The molecule has 1 N–H and O–H groups in total. The highest BCUT2D eigenvalue weighted by Gasteiger charge is 2.17. The van der Waals surface area contributed by atoms with Crippen molar-refractivity contribution in [2.45, 2.75) is 12.5 Å². The molecule has 0 saturated heterocycles. The van der Waals surface area contributed by atoms with E-state index in [1.165, 1.54) is 6.42 Å². The molecule has 0 aromatic carbocycles. The molecule has 2 aliphatic rings. The third-order valence-electron chi connectivity index (χ3n) is 1.77. The summed E-state index contributed by atoms with van der Waals surface area (Å²) in [5, 5.41) is 3.24. The smallest absolute Gasteiger partial charge is 0.0447 e. The summed E-state index contributed by atoms with van der Waals surface area (Å²) >= 11 is 0. The van der Waals surface area contributed by atoms with Crippen molar-refractivity contribution >= 4 is 0 Å². The first kappa shape index (κ1) is 4.19. The number of hydrogen-bond acceptors (Lipinski definition) is 1. The Morgan fingerprint density at radius 2 is 2.25 bits per heavy atom. The summed E-state index contributed by atoms with van der Waals surface area (Å²) in [6, 6.07) is 0.644. The van der Waals surface area contributed by atoms with Gasteiger partial charge in [0.15, 0.2) is 0 Å². The minimum absolute atomic E-state index is 0.644. The highest BCUT2D eigenvalue weighted by molar-refractivity contribution is 5.16. The van der Waals surface area contributed by atoms with E-state index in [2.05, 4.69) is 29.7 Å². The van der Waals surface area contributed by atoms with Crippen molar-refractivity contribution in [3.63, 3.8) is 0 Å². The number of nitrogens with one attached hydrogen (secondary N) is 1. The maximum Gasteiger partial charge on any atom is 0.0447 e. The third-order valence-corrected chi connectivity index (χ3v) is 1.77. The normalized spacial score (nSPS) is 40.0. The van der Waals surface area contributed by atoms with Crippen LogP contribution >= 0.6 is 0 Å². The molecule has 0 fully saturated rings. The van der Waals surface area contributed by atoms with Gasteiger partial charge in [-0.3, -0.25) is 0 Å². The van der Waals surface area contributed by atoms with E-state index in [0.717, 1.165) is 5.92 Å². The van der Waals surface area contributed by atoms with Gasteiger partial charge in [-0.25, -0.2) is 0 Å². The molecule has 1 aliphatic heterocycles. The Bertz CT molecular complexity index is 144. The Morgan fingerprint density at radius 1 is 1.25 bits per heavy atom. The lowest BCUT2D eigenvalue weighted by atomic mass is 10.1. The predicted molar refractivity (Wildman–Crippen MR) is 33.3 cm³/mol. The van der Waals surface area contributed by atoms with Gasteiger partial charge in [-0.05, 0) is 18.5 Å². The molecular weight excluding hydrogens is 98.1 g/mol. The molecule has 2 atom stereocenters. The first-order valence-electron chi connectivity index (χ1n) is 3.06. The Kier molecular flexibility index (Phi) is 0.720. The maximum atomic E-state index is 3.24. The first-order chi connectivity index (χ1) is 3.95. The molecule has 0 radical (unpaired) electrons. The van der Waals surface area contributed by atoms with Gasteiger partial charge in [-0.2, -0.15) is 0 Å². The SMILES string of the molecule is C1=C[C@H]2C=C[C@H](C2)N1. The van der Waals surface area contributed by atoms with Crippen molar-refractivity contribution in [1.29, 1.82) is 0 Å². The first-order valence-corrected chi connectivity index (χ1v) is 3.06. The predicted octanol–water partition coefficient (Wildman–Crippen LogP) is 1.05. The van der Waals surface area contributed by atoms with Crippen LogP contribution in [0.3, 0.4) is 0 Å². The quantitative estimate of drug-likeness (QED) is 0.456. The fourth-order valence-electron chi connectivity index (χ4n) is 1.30. The molecule has 2 bridgehead atoms. The van der Waals surface area contributed by atoms with E-state index in [0.29, 0.717) is 6.04 Å². The zero-order chi connectivity index (χ0) is 5.40. The second-order valence-electron chi connectivity index (χ2n) is 2.42. The van der Waals surface area contributed by atoms with Crippen molar-refractivity contribution in [2.24, 2.45) is 5.92 Å². The van der Waals surface area contributed by atoms with E-state index in [9.17, 15) is 0 Å². The van der Waals surface area contributed by atoms with Crippen LogP contribution in [-0.2, 0) is 0 Å². The number of fused-ring (bicyclic) bond motifs is 2. The van der Waals surface area contributed by atoms with Crippen molar-refractivity contribution in [3.05, 3.63) is 24.4 Å². The minimum atomic E-state index is 0.644. The number of rotatable bonds is 0. The fourth-order valence-corrected chi connectivity index (χ4v) is 1.30. The molecule has 0 saturated carbocycles. The molecular formula is C7H9N. The van der Waals surface area contributed by atoms with Crippen LogP contribution in [0.1, 0.15) is 6.42 Å². The van der Waals surface area contributed by atoms with Crippen LogP contribution in [0.25, 0.3) is 0 Å². The summed E-state index contributed by atoms with van der Waals surface area (Å²) in [4.78, 5) is 0. The average Bonchev–Trinajstić information content (AvgIpc) is 2.12. The Labute approximate surface area is 49.1 Å². The largest absolute Gasteiger partial charge is 0.385 e. The van der Waals surface area contributed by atoms with Gasteiger partial charge in [0.25, 0.3) is 0 Å². The second-order valence-corrected chi connectivity index (χ2v) is 2.42. The van der Waals surface area contributed by atoms with Gasteiger partial charge in [-0.1, -0.05) is 18.2 Å². The second kappa shape index (κ2) is 1.38. The van der Waals surface area contributed by atoms with E-state index in [4.69, 9.17) is 0 Å². The summed E-state index contributed by atoms with van der Waals surface area (Å²) < 4.78 is 0. The molecule has 0 aromatic rings. The molecule has 8 heavy (non-hydrogen) atoms. The summed E-state index contributed by atoms with van der Waals surface area (Å²) in [6.07, 6.45) is 10.0. The number of allylic oxidation sites excluding steroid dienone is 2. The molecule has 1 nitrogen and oxygen atoms in total. The number of hydrogen-bond donors (Lipinski definition) is 1. The lowest BCUT2D eigenvalue weighted by Crippen LogP contribution is -2.23. The van der Waals surface area contributed by atoms with E-state index in [1.807, 2.05) is 0 Å². The van der Waals surface area contributed by atoms with E-state index in [-0.39, 0.29) is 0 Å². The van der Waals surface area contributed by atoms with Crippen LogP contribution in [-0.4, -0.2) is 6.04 Å². The molecule has 0 aromatic heterocycles. The zero-order valence-corrected chi connectivity index (χ0v) is 4.67. The van der Waals surface area contributed by atoms with Crippen molar-refractivity contribution in [2.75, 3.05) is 0 Å². The average molecular weight is 107 g/mol. The Hall–Kier alpha value is -0.720. The fraction of sp³-hybridized carbons (Fsp3) is 0.429. The molecule has 42 valence electrons. The monoisotopic (exact) mass is 107 g/mol. The minimum Gasteiger partial charge on any atom is -0.385 e. The van der Waals surface area contributed by atoms with Crippen LogP contribution in [0, 0.1) is 5.92 Å². The van der Waals surface area contributed by atoms with Gasteiger partial charge in [0.1, 0.15) is 0 Å². The molecule has 1 aliphatic carbocycles. The van der Waals surface area contributed by atoms with Crippen molar-refractivity contribution < 1.29 is 0 Å². The van der Waals surface area contributed by atoms with E-state index in [1.54, 1.807) is 0 Å². The van der Waals surface area contributed by atoms with Gasteiger partial charge >= 0.3 is 0 Å². The third kappa shape index (κ3) is 0.474. The van der Waals surface area contributed by atoms with E-state index >= 15 is 0 Å².